The Kier molecular flexibility index (Phi) is 6.41. The number of Topliss-reactive ketones (excluding diaryl/α,β-unsaturated/α-hetero) is 1. The highest BCUT2D eigenvalue weighted by Crippen LogP contribution is 2.04. The van der Waals surface area contributed by atoms with Crippen molar-refractivity contribution in [2.75, 3.05) is 6.54 Å². The molecule has 0 spiro atoms. The Labute approximate surface area is 74.5 Å². The van der Waals surface area contributed by atoms with Gasteiger partial charge in [-0.05, 0) is 25.8 Å². The summed E-state index contributed by atoms with van der Waals surface area (Å²) in [4.78, 5) is 11.1. The SMILES string of the molecule is CC#CCC(=O)CCC(C)CN. The smallest absolute Gasteiger partial charge is 0.144 e. The van der Waals surface area contributed by atoms with E-state index in [0.717, 1.165) is 6.42 Å². The summed E-state index contributed by atoms with van der Waals surface area (Å²) in [5.74, 6) is 6.14. The van der Waals surface area contributed by atoms with E-state index in [-0.39, 0.29) is 5.78 Å². The zero-order chi connectivity index (χ0) is 9.40. The lowest BCUT2D eigenvalue weighted by molar-refractivity contribution is -0.118. The monoisotopic (exact) mass is 167 g/mol. The summed E-state index contributed by atoms with van der Waals surface area (Å²) in [5, 5.41) is 0. The number of rotatable bonds is 5. The molecule has 1 atom stereocenters. The van der Waals surface area contributed by atoms with Crippen LogP contribution in [-0.2, 0) is 4.79 Å². The minimum atomic E-state index is 0.227. The Morgan fingerprint density at radius 3 is 2.75 bits per heavy atom. The lowest BCUT2D eigenvalue weighted by atomic mass is 10.0. The van der Waals surface area contributed by atoms with E-state index in [0.29, 0.717) is 25.3 Å². The highest BCUT2D eigenvalue weighted by molar-refractivity contribution is 5.80. The standard InChI is InChI=1S/C10H17NO/c1-3-4-5-10(12)7-6-9(2)8-11/h9H,5-8,11H2,1-2H3. The zero-order valence-electron chi connectivity index (χ0n) is 7.89. The second-order valence-electron chi connectivity index (χ2n) is 3.02. The van der Waals surface area contributed by atoms with Crippen LogP contribution in [0.15, 0.2) is 0 Å². The molecule has 0 amide bonds. The zero-order valence-corrected chi connectivity index (χ0v) is 7.89. The fourth-order valence-corrected chi connectivity index (χ4v) is 0.801. The van der Waals surface area contributed by atoms with Crippen molar-refractivity contribution in [3.8, 4) is 11.8 Å². The molecule has 0 aliphatic carbocycles. The van der Waals surface area contributed by atoms with Crippen molar-refractivity contribution in [3.63, 3.8) is 0 Å². The summed E-state index contributed by atoms with van der Waals surface area (Å²) in [6.45, 7) is 4.46. The summed E-state index contributed by atoms with van der Waals surface area (Å²) >= 11 is 0. The normalized spacial score (nSPS) is 11.6. The first kappa shape index (κ1) is 11.2. The van der Waals surface area contributed by atoms with Crippen molar-refractivity contribution in [3.05, 3.63) is 0 Å². The van der Waals surface area contributed by atoms with E-state index in [1.807, 2.05) is 0 Å². The van der Waals surface area contributed by atoms with E-state index in [2.05, 4.69) is 18.8 Å². The van der Waals surface area contributed by atoms with Gasteiger partial charge < -0.3 is 5.73 Å². The third kappa shape index (κ3) is 5.94. The molecule has 2 N–H and O–H groups in total. The van der Waals surface area contributed by atoms with Crippen molar-refractivity contribution in [2.45, 2.75) is 33.1 Å². The molecule has 2 nitrogen and oxygen atoms in total. The predicted molar refractivity (Wildman–Crippen MR) is 50.5 cm³/mol. The van der Waals surface area contributed by atoms with Gasteiger partial charge in [0.15, 0.2) is 0 Å². The molecule has 68 valence electrons. The van der Waals surface area contributed by atoms with E-state index in [1.165, 1.54) is 0 Å². The topological polar surface area (TPSA) is 43.1 Å². The molecular weight excluding hydrogens is 150 g/mol. The number of hydrogen-bond acceptors (Lipinski definition) is 2. The third-order valence-electron chi connectivity index (χ3n) is 1.78. The first-order valence-corrected chi connectivity index (χ1v) is 4.32. The number of carbonyl (C=O) groups is 1. The molecule has 0 radical (unpaired) electrons. The highest BCUT2D eigenvalue weighted by Gasteiger charge is 2.03. The van der Waals surface area contributed by atoms with Crippen LogP contribution >= 0.6 is 0 Å². The van der Waals surface area contributed by atoms with Crippen LogP contribution in [0.3, 0.4) is 0 Å². The molecule has 0 rings (SSSR count). The summed E-state index contributed by atoms with van der Waals surface area (Å²) < 4.78 is 0. The van der Waals surface area contributed by atoms with Crippen LogP contribution in [0.1, 0.15) is 33.1 Å². The molecule has 0 aliphatic rings. The first-order valence-electron chi connectivity index (χ1n) is 4.32. The summed E-state index contributed by atoms with van der Waals surface area (Å²) in [6, 6.07) is 0. The second kappa shape index (κ2) is 6.87. The van der Waals surface area contributed by atoms with Crippen LogP contribution in [0.4, 0.5) is 0 Å². The maximum atomic E-state index is 11.1. The molecule has 0 aliphatic heterocycles. The van der Waals surface area contributed by atoms with Crippen LogP contribution in [-0.4, -0.2) is 12.3 Å². The third-order valence-corrected chi connectivity index (χ3v) is 1.78. The van der Waals surface area contributed by atoms with E-state index in [1.54, 1.807) is 6.92 Å². The first-order chi connectivity index (χ1) is 5.70. The number of hydrogen-bond donors (Lipinski definition) is 1. The van der Waals surface area contributed by atoms with Crippen molar-refractivity contribution in [1.82, 2.24) is 0 Å². The van der Waals surface area contributed by atoms with Gasteiger partial charge >= 0.3 is 0 Å². The minimum Gasteiger partial charge on any atom is -0.330 e. The van der Waals surface area contributed by atoms with Crippen molar-refractivity contribution in [2.24, 2.45) is 11.7 Å². The molecule has 0 saturated carbocycles. The average Bonchev–Trinajstić information content (AvgIpc) is 2.10. The van der Waals surface area contributed by atoms with Gasteiger partial charge in [0.2, 0.25) is 0 Å². The van der Waals surface area contributed by atoms with E-state index in [9.17, 15) is 4.79 Å². The molecule has 0 aromatic carbocycles. The fourth-order valence-electron chi connectivity index (χ4n) is 0.801. The minimum absolute atomic E-state index is 0.227. The van der Waals surface area contributed by atoms with E-state index in [4.69, 9.17) is 5.73 Å². The van der Waals surface area contributed by atoms with Gasteiger partial charge in [-0.2, -0.15) is 0 Å². The Morgan fingerprint density at radius 2 is 2.25 bits per heavy atom. The molecule has 0 heterocycles. The van der Waals surface area contributed by atoms with Gasteiger partial charge in [0.05, 0.1) is 6.42 Å². The maximum Gasteiger partial charge on any atom is 0.144 e. The van der Waals surface area contributed by atoms with Crippen LogP contribution in [0.5, 0.6) is 0 Å². The largest absolute Gasteiger partial charge is 0.330 e. The van der Waals surface area contributed by atoms with Crippen LogP contribution in [0, 0.1) is 17.8 Å². The Hall–Kier alpha value is -0.810. The summed E-state index contributed by atoms with van der Waals surface area (Å²) in [6.07, 6.45) is 1.90. The Balaban J connectivity index is 3.48. The summed E-state index contributed by atoms with van der Waals surface area (Å²) in [5.41, 5.74) is 5.42. The molecule has 0 saturated heterocycles. The molecule has 0 aromatic rings. The van der Waals surface area contributed by atoms with Crippen LogP contribution < -0.4 is 5.73 Å². The molecule has 12 heavy (non-hydrogen) atoms. The van der Waals surface area contributed by atoms with Gasteiger partial charge in [-0.15, -0.1) is 5.92 Å². The van der Waals surface area contributed by atoms with Gasteiger partial charge in [-0.3, -0.25) is 4.79 Å². The van der Waals surface area contributed by atoms with Gasteiger partial charge in [0, 0.05) is 6.42 Å². The lowest BCUT2D eigenvalue weighted by Gasteiger charge is -2.05. The predicted octanol–water partition coefficient (Wildman–Crippen LogP) is 1.34. The Bertz CT molecular complexity index is 188. The lowest BCUT2D eigenvalue weighted by Crippen LogP contribution is -2.12. The van der Waals surface area contributed by atoms with Gasteiger partial charge in [-0.25, -0.2) is 0 Å². The van der Waals surface area contributed by atoms with Crippen molar-refractivity contribution >= 4 is 5.78 Å². The van der Waals surface area contributed by atoms with Crippen LogP contribution in [0.2, 0.25) is 0 Å². The second-order valence-corrected chi connectivity index (χ2v) is 3.02. The van der Waals surface area contributed by atoms with E-state index >= 15 is 0 Å². The number of ketones is 1. The molecule has 0 aromatic heterocycles. The van der Waals surface area contributed by atoms with Crippen LogP contribution in [0.25, 0.3) is 0 Å². The molecule has 1 unspecified atom stereocenters. The quantitative estimate of drug-likeness (QED) is 0.628. The van der Waals surface area contributed by atoms with Crippen molar-refractivity contribution < 1.29 is 4.79 Å². The van der Waals surface area contributed by atoms with Gasteiger partial charge in [0.1, 0.15) is 5.78 Å². The van der Waals surface area contributed by atoms with Gasteiger partial charge in [0.25, 0.3) is 0 Å². The average molecular weight is 167 g/mol. The molecule has 2 heteroatoms. The molecule has 0 fully saturated rings. The number of carbonyl (C=O) groups excluding carboxylic acids is 1. The molecular formula is C10H17NO. The van der Waals surface area contributed by atoms with Crippen molar-refractivity contribution in [1.29, 1.82) is 0 Å². The van der Waals surface area contributed by atoms with Gasteiger partial charge in [-0.1, -0.05) is 12.8 Å². The highest BCUT2D eigenvalue weighted by atomic mass is 16.1. The maximum absolute atomic E-state index is 11.1. The Morgan fingerprint density at radius 1 is 1.58 bits per heavy atom. The summed E-state index contributed by atoms with van der Waals surface area (Å²) in [7, 11) is 0. The molecule has 0 bridgehead atoms. The number of nitrogens with two attached hydrogens (primary N) is 1. The van der Waals surface area contributed by atoms with E-state index < -0.39 is 0 Å². The fraction of sp³-hybridized carbons (Fsp3) is 0.700.